The average molecular weight is 544 g/mol. The van der Waals surface area contributed by atoms with Crippen LogP contribution in [-0.4, -0.2) is 21.6 Å². The quantitative estimate of drug-likeness (QED) is 0.199. The molecule has 0 aliphatic heterocycles. The highest BCUT2D eigenvalue weighted by Crippen LogP contribution is 2.32. The number of benzene rings is 5. The van der Waals surface area contributed by atoms with Gasteiger partial charge in [0.15, 0.2) is 0 Å². The van der Waals surface area contributed by atoms with E-state index in [0.717, 1.165) is 38.8 Å². The molecule has 2 N–H and O–H groups in total. The van der Waals surface area contributed by atoms with Gasteiger partial charge in [-0.1, -0.05) is 54.6 Å². The second-order valence-electron chi connectivity index (χ2n) is 9.79. The number of carbonyl (C=O) groups excluding carboxylic acids is 2. The number of para-hydroxylation sites is 1. The van der Waals surface area contributed by atoms with Crippen LogP contribution in [0.25, 0.3) is 32.6 Å². The van der Waals surface area contributed by atoms with E-state index in [4.69, 9.17) is 0 Å². The number of hydrogen-bond donors (Lipinski definition) is 2. The van der Waals surface area contributed by atoms with Gasteiger partial charge in [0.05, 0.1) is 5.25 Å². The van der Waals surface area contributed by atoms with E-state index in [1.165, 1.54) is 22.7 Å². The summed E-state index contributed by atoms with van der Waals surface area (Å²) >= 11 is 1.46. The molecular formula is C34H29N3O2S. The first-order chi connectivity index (χ1) is 19.5. The summed E-state index contributed by atoms with van der Waals surface area (Å²) in [7, 11) is 0. The Morgan fingerprint density at radius 1 is 0.725 bits per heavy atom. The fraction of sp³-hybridized carbons (Fsp3) is 0.118. The maximum absolute atomic E-state index is 13.1. The Kier molecular flexibility index (Phi) is 7.01. The van der Waals surface area contributed by atoms with E-state index in [1.54, 1.807) is 0 Å². The number of nitrogens with one attached hydrogen (secondary N) is 2. The van der Waals surface area contributed by atoms with Crippen molar-refractivity contribution < 1.29 is 9.59 Å². The first kappa shape index (κ1) is 25.7. The molecule has 6 aromatic rings. The van der Waals surface area contributed by atoms with Gasteiger partial charge in [0.2, 0.25) is 5.91 Å². The molecule has 1 heterocycles. The Labute approximate surface area is 237 Å². The Morgan fingerprint density at radius 2 is 1.48 bits per heavy atom. The van der Waals surface area contributed by atoms with Gasteiger partial charge in [0.25, 0.3) is 5.91 Å². The minimum Gasteiger partial charge on any atom is -0.341 e. The number of anilines is 2. The Balaban J connectivity index is 1.14. The van der Waals surface area contributed by atoms with E-state index in [1.807, 2.05) is 85.8 Å². The van der Waals surface area contributed by atoms with Crippen molar-refractivity contribution in [2.45, 2.75) is 30.5 Å². The molecule has 0 aliphatic rings. The molecule has 40 heavy (non-hydrogen) atoms. The van der Waals surface area contributed by atoms with Gasteiger partial charge in [-0.15, -0.1) is 11.8 Å². The van der Waals surface area contributed by atoms with E-state index >= 15 is 0 Å². The van der Waals surface area contributed by atoms with Crippen molar-refractivity contribution in [2.24, 2.45) is 0 Å². The van der Waals surface area contributed by atoms with Gasteiger partial charge in [-0.05, 0) is 79.2 Å². The molecule has 0 saturated carbocycles. The highest BCUT2D eigenvalue weighted by molar-refractivity contribution is 8.00. The molecule has 1 aromatic heterocycles. The number of hydrogen-bond acceptors (Lipinski definition) is 3. The number of aromatic nitrogens is 1. The van der Waals surface area contributed by atoms with Crippen molar-refractivity contribution in [1.29, 1.82) is 0 Å². The molecule has 0 spiro atoms. The van der Waals surface area contributed by atoms with E-state index < -0.39 is 0 Å². The molecule has 5 nitrogen and oxygen atoms in total. The summed E-state index contributed by atoms with van der Waals surface area (Å²) in [6.07, 6.45) is 0. The highest BCUT2D eigenvalue weighted by atomic mass is 32.2. The number of nitrogens with zero attached hydrogens (tertiary/aromatic N) is 1. The summed E-state index contributed by atoms with van der Waals surface area (Å²) in [5.41, 5.74) is 4.42. The lowest BCUT2D eigenvalue weighted by molar-refractivity contribution is -0.115. The maximum atomic E-state index is 13.1. The van der Waals surface area contributed by atoms with E-state index in [2.05, 4.69) is 52.5 Å². The average Bonchev–Trinajstić information content (AvgIpc) is 3.30. The van der Waals surface area contributed by atoms with Crippen molar-refractivity contribution in [3.63, 3.8) is 0 Å². The van der Waals surface area contributed by atoms with Crippen LogP contribution >= 0.6 is 11.8 Å². The summed E-state index contributed by atoms with van der Waals surface area (Å²) in [6.45, 7) is 4.91. The van der Waals surface area contributed by atoms with Crippen LogP contribution in [0.3, 0.4) is 0 Å². The van der Waals surface area contributed by atoms with Crippen LogP contribution in [-0.2, 0) is 11.3 Å². The summed E-state index contributed by atoms with van der Waals surface area (Å²) in [5, 5.41) is 10.2. The van der Waals surface area contributed by atoms with Crippen LogP contribution in [0.1, 0.15) is 24.2 Å². The summed E-state index contributed by atoms with van der Waals surface area (Å²) < 4.78 is 2.29. The second-order valence-corrected chi connectivity index (χ2v) is 11.2. The molecule has 0 aliphatic carbocycles. The van der Waals surface area contributed by atoms with E-state index in [-0.39, 0.29) is 17.1 Å². The first-order valence-corrected chi connectivity index (χ1v) is 14.3. The smallest absolute Gasteiger partial charge is 0.255 e. The fourth-order valence-corrected chi connectivity index (χ4v) is 6.08. The standard InChI is InChI=1S/C34H29N3O2S/c1-3-37-31-14-7-6-13-29(31)30-21-27(17-18-32(30)37)35-33(38)22(2)40-28-12-8-11-26(20-28)36-34(39)25-16-15-23-9-4-5-10-24(23)19-25/h4-22H,3H2,1-2H3,(H,35,38)(H,36,39). The van der Waals surface area contributed by atoms with Gasteiger partial charge in [-0.3, -0.25) is 9.59 Å². The predicted octanol–water partition coefficient (Wildman–Crippen LogP) is 8.34. The lowest BCUT2D eigenvalue weighted by Crippen LogP contribution is -2.22. The molecule has 6 heteroatoms. The molecule has 1 unspecified atom stereocenters. The Hall–Kier alpha value is -4.55. The number of carbonyl (C=O) groups is 2. The van der Waals surface area contributed by atoms with Gasteiger partial charge < -0.3 is 15.2 Å². The molecule has 198 valence electrons. The first-order valence-electron chi connectivity index (χ1n) is 13.4. The van der Waals surface area contributed by atoms with Crippen LogP contribution in [0.5, 0.6) is 0 Å². The van der Waals surface area contributed by atoms with Gasteiger partial charge >= 0.3 is 0 Å². The van der Waals surface area contributed by atoms with Crippen molar-refractivity contribution in [3.05, 3.63) is 115 Å². The Bertz CT molecular complexity index is 1890. The molecule has 0 radical (unpaired) electrons. The van der Waals surface area contributed by atoms with Crippen molar-refractivity contribution in [1.82, 2.24) is 4.57 Å². The third-order valence-corrected chi connectivity index (χ3v) is 8.24. The summed E-state index contributed by atoms with van der Waals surface area (Å²) in [4.78, 5) is 26.9. The summed E-state index contributed by atoms with van der Waals surface area (Å²) in [5.74, 6) is -0.243. The maximum Gasteiger partial charge on any atom is 0.255 e. The minimum absolute atomic E-state index is 0.0748. The van der Waals surface area contributed by atoms with Crippen molar-refractivity contribution in [3.8, 4) is 0 Å². The van der Waals surface area contributed by atoms with Gasteiger partial charge in [0.1, 0.15) is 0 Å². The van der Waals surface area contributed by atoms with E-state index in [9.17, 15) is 9.59 Å². The minimum atomic E-state index is -0.334. The zero-order valence-electron chi connectivity index (χ0n) is 22.3. The number of aryl methyl sites for hydroxylation is 1. The molecule has 0 fully saturated rings. The van der Waals surface area contributed by atoms with Crippen LogP contribution in [0.4, 0.5) is 11.4 Å². The fourth-order valence-electron chi connectivity index (χ4n) is 5.15. The van der Waals surface area contributed by atoms with Crippen LogP contribution < -0.4 is 10.6 Å². The SMILES string of the molecule is CCn1c2ccccc2c2cc(NC(=O)C(C)Sc3cccc(NC(=O)c4ccc5ccccc5c4)c3)ccc21. The lowest BCUT2D eigenvalue weighted by Gasteiger charge is -2.13. The van der Waals surface area contributed by atoms with Crippen LogP contribution in [0.15, 0.2) is 114 Å². The topological polar surface area (TPSA) is 63.1 Å². The molecule has 0 saturated heterocycles. The van der Waals surface area contributed by atoms with Gasteiger partial charge in [-0.2, -0.15) is 0 Å². The zero-order chi connectivity index (χ0) is 27.6. The molecule has 0 bridgehead atoms. The largest absolute Gasteiger partial charge is 0.341 e. The summed E-state index contributed by atoms with van der Waals surface area (Å²) in [6, 6.07) is 35.7. The van der Waals surface area contributed by atoms with Gasteiger partial charge in [-0.25, -0.2) is 0 Å². The van der Waals surface area contributed by atoms with Crippen molar-refractivity contribution >= 4 is 67.5 Å². The van der Waals surface area contributed by atoms with Crippen LogP contribution in [0, 0.1) is 0 Å². The zero-order valence-corrected chi connectivity index (χ0v) is 23.2. The number of rotatable bonds is 7. The Morgan fingerprint density at radius 3 is 2.33 bits per heavy atom. The molecule has 1 atom stereocenters. The lowest BCUT2D eigenvalue weighted by atomic mass is 10.1. The molecule has 6 rings (SSSR count). The normalized spacial score (nSPS) is 12.1. The number of thioether (sulfide) groups is 1. The predicted molar refractivity (Wildman–Crippen MR) is 167 cm³/mol. The van der Waals surface area contributed by atoms with Crippen LogP contribution in [0.2, 0.25) is 0 Å². The highest BCUT2D eigenvalue weighted by Gasteiger charge is 2.17. The molecule has 5 aromatic carbocycles. The third-order valence-electron chi connectivity index (χ3n) is 7.14. The monoisotopic (exact) mass is 543 g/mol. The third kappa shape index (κ3) is 5.06. The molecular weight excluding hydrogens is 514 g/mol. The number of fused-ring (bicyclic) bond motifs is 4. The second kappa shape index (κ2) is 10.9. The van der Waals surface area contributed by atoms with Gasteiger partial charge in [0, 0.05) is 50.2 Å². The van der Waals surface area contributed by atoms with Crippen molar-refractivity contribution in [2.75, 3.05) is 10.6 Å². The number of amides is 2. The molecule has 2 amide bonds. The van der Waals surface area contributed by atoms with E-state index in [0.29, 0.717) is 11.3 Å².